The zero-order valence-electron chi connectivity index (χ0n) is 12.1. The highest BCUT2D eigenvalue weighted by molar-refractivity contribution is 9.10. The summed E-state index contributed by atoms with van der Waals surface area (Å²) < 4.78 is 0.943. The summed E-state index contributed by atoms with van der Waals surface area (Å²) in [6.45, 7) is 4.10. The maximum Gasteiger partial charge on any atom is 0.139 e. The van der Waals surface area contributed by atoms with Crippen molar-refractivity contribution in [2.24, 2.45) is 5.92 Å². The van der Waals surface area contributed by atoms with Crippen LogP contribution >= 0.6 is 27.5 Å². The Morgan fingerprint density at radius 1 is 1.24 bits per heavy atom. The van der Waals surface area contributed by atoms with Gasteiger partial charge in [0.15, 0.2) is 0 Å². The normalized spacial score (nSPS) is 22.6. The van der Waals surface area contributed by atoms with Crippen LogP contribution in [0.15, 0.2) is 16.6 Å². The Kier molecular flexibility index (Phi) is 5.10. The number of phenolic OH excluding ortho intramolecular Hbond substituents is 1. The number of nitrogens with one attached hydrogen (secondary N) is 1. The van der Waals surface area contributed by atoms with Gasteiger partial charge in [-0.2, -0.15) is 0 Å². The summed E-state index contributed by atoms with van der Waals surface area (Å²) in [4.78, 5) is 2.52. The molecule has 2 N–H and O–H groups in total. The third kappa shape index (κ3) is 3.39. The molecule has 0 spiro atoms. The van der Waals surface area contributed by atoms with Crippen LogP contribution in [-0.4, -0.2) is 36.2 Å². The topological polar surface area (TPSA) is 35.5 Å². The van der Waals surface area contributed by atoms with Crippen molar-refractivity contribution in [3.8, 4) is 5.75 Å². The van der Waals surface area contributed by atoms with Gasteiger partial charge in [0.05, 0.1) is 5.02 Å². The number of halogens is 2. The first-order chi connectivity index (χ1) is 10.2. The van der Waals surface area contributed by atoms with E-state index in [9.17, 15) is 5.11 Å². The molecule has 3 rings (SSSR count). The van der Waals surface area contributed by atoms with E-state index in [1.54, 1.807) is 6.07 Å². The molecule has 1 saturated carbocycles. The van der Waals surface area contributed by atoms with Crippen molar-refractivity contribution in [2.75, 3.05) is 26.2 Å². The molecule has 1 atom stereocenters. The van der Waals surface area contributed by atoms with E-state index in [0.29, 0.717) is 10.9 Å². The fourth-order valence-electron chi connectivity index (χ4n) is 3.79. The highest BCUT2D eigenvalue weighted by atomic mass is 79.9. The fourth-order valence-corrected chi connectivity index (χ4v) is 4.63. The Labute approximate surface area is 139 Å². The third-order valence-corrected chi connectivity index (χ3v) is 5.51. The zero-order chi connectivity index (χ0) is 14.8. The second-order valence-electron chi connectivity index (χ2n) is 6.10. The number of benzene rings is 1. The van der Waals surface area contributed by atoms with Crippen molar-refractivity contribution in [3.05, 3.63) is 27.2 Å². The smallest absolute Gasteiger partial charge is 0.139 e. The molecule has 1 aromatic rings. The van der Waals surface area contributed by atoms with Crippen LogP contribution in [0.4, 0.5) is 0 Å². The molecule has 2 fully saturated rings. The van der Waals surface area contributed by atoms with Gasteiger partial charge in [-0.25, -0.2) is 0 Å². The summed E-state index contributed by atoms with van der Waals surface area (Å²) in [6, 6.07) is 4.10. The third-order valence-electron chi connectivity index (χ3n) is 4.77. The molecule has 2 aliphatic rings. The Morgan fingerprint density at radius 2 is 1.90 bits per heavy atom. The quantitative estimate of drug-likeness (QED) is 0.842. The predicted molar refractivity (Wildman–Crippen MR) is 90.0 cm³/mol. The van der Waals surface area contributed by atoms with Crippen LogP contribution in [0.2, 0.25) is 5.02 Å². The molecule has 0 aromatic heterocycles. The number of aromatic hydroxyl groups is 1. The Morgan fingerprint density at radius 3 is 2.57 bits per heavy atom. The second-order valence-corrected chi connectivity index (χ2v) is 7.42. The summed E-state index contributed by atoms with van der Waals surface area (Å²) >= 11 is 9.72. The molecule has 21 heavy (non-hydrogen) atoms. The average Bonchev–Trinajstić information content (AvgIpc) is 2.99. The van der Waals surface area contributed by atoms with Gasteiger partial charge in [0.1, 0.15) is 5.75 Å². The van der Waals surface area contributed by atoms with Crippen LogP contribution in [-0.2, 0) is 0 Å². The first kappa shape index (κ1) is 15.6. The lowest BCUT2D eigenvalue weighted by Crippen LogP contribution is -2.46. The van der Waals surface area contributed by atoms with Crippen LogP contribution in [0, 0.1) is 5.92 Å². The average molecular weight is 374 g/mol. The second kappa shape index (κ2) is 6.86. The van der Waals surface area contributed by atoms with Gasteiger partial charge in [-0.3, -0.25) is 4.90 Å². The zero-order valence-corrected chi connectivity index (χ0v) is 14.5. The first-order valence-electron chi connectivity index (χ1n) is 7.79. The SMILES string of the molecule is Oc1c(Cl)cc(Br)cc1[C@H](C1CCCC1)N1CCNCC1. The van der Waals surface area contributed by atoms with Crippen molar-refractivity contribution < 1.29 is 5.11 Å². The van der Waals surface area contributed by atoms with Crippen molar-refractivity contribution in [1.29, 1.82) is 0 Å². The monoisotopic (exact) mass is 372 g/mol. The van der Waals surface area contributed by atoms with E-state index in [-0.39, 0.29) is 11.8 Å². The molecule has 116 valence electrons. The van der Waals surface area contributed by atoms with E-state index in [0.717, 1.165) is 36.2 Å². The Balaban J connectivity index is 1.97. The van der Waals surface area contributed by atoms with Crippen molar-refractivity contribution in [3.63, 3.8) is 0 Å². The van der Waals surface area contributed by atoms with Crippen LogP contribution in [0.3, 0.4) is 0 Å². The van der Waals surface area contributed by atoms with E-state index in [1.165, 1.54) is 25.7 Å². The highest BCUT2D eigenvalue weighted by Gasteiger charge is 2.34. The van der Waals surface area contributed by atoms with E-state index in [1.807, 2.05) is 6.07 Å². The minimum absolute atomic E-state index is 0.260. The summed E-state index contributed by atoms with van der Waals surface area (Å²) in [5.74, 6) is 0.884. The summed E-state index contributed by atoms with van der Waals surface area (Å²) in [5.41, 5.74) is 0.989. The molecule has 0 radical (unpaired) electrons. The van der Waals surface area contributed by atoms with E-state index >= 15 is 0 Å². The lowest BCUT2D eigenvalue weighted by molar-refractivity contribution is 0.123. The number of phenols is 1. The molecule has 1 heterocycles. The molecule has 5 heteroatoms. The van der Waals surface area contributed by atoms with E-state index < -0.39 is 0 Å². The van der Waals surface area contributed by atoms with Gasteiger partial charge in [0, 0.05) is 42.3 Å². The number of rotatable bonds is 3. The molecule has 0 bridgehead atoms. The standard InChI is InChI=1S/C16H22BrClN2O/c17-12-9-13(16(21)14(18)10-12)15(11-3-1-2-4-11)20-7-5-19-6-8-20/h9-11,15,19,21H,1-8H2/t15-/m0/s1. The molecule has 1 aromatic carbocycles. The van der Waals surface area contributed by atoms with E-state index in [2.05, 4.69) is 26.1 Å². The highest BCUT2D eigenvalue weighted by Crippen LogP contribution is 2.45. The summed E-state index contributed by atoms with van der Waals surface area (Å²) in [7, 11) is 0. The first-order valence-corrected chi connectivity index (χ1v) is 8.96. The number of nitrogens with zero attached hydrogens (tertiary/aromatic N) is 1. The number of hydrogen-bond donors (Lipinski definition) is 2. The Bertz CT molecular complexity index is 499. The van der Waals surface area contributed by atoms with Gasteiger partial charge in [0.2, 0.25) is 0 Å². The van der Waals surface area contributed by atoms with Crippen molar-refractivity contribution in [2.45, 2.75) is 31.7 Å². The van der Waals surface area contributed by atoms with Gasteiger partial charge < -0.3 is 10.4 Å². The van der Waals surface area contributed by atoms with Gasteiger partial charge in [-0.05, 0) is 30.9 Å². The van der Waals surface area contributed by atoms with Crippen LogP contribution in [0.5, 0.6) is 5.75 Å². The maximum absolute atomic E-state index is 10.5. The minimum Gasteiger partial charge on any atom is -0.506 e. The molecule has 0 amide bonds. The largest absolute Gasteiger partial charge is 0.506 e. The lowest BCUT2D eigenvalue weighted by atomic mass is 9.89. The maximum atomic E-state index is 10.5. The van der Waals surface area contributed by atoms with Crippen LogP contribution in [0.1, 0.15) is 37.3 Å². The minimum atomic E-state index is 0.260. The molecular formula is C16H22BrClN2O. The fraction of sp³-hybridized carbons (Fsp3) is 0.625. The summed E-state index contributed by atoms with van der Waals surface area (Å²) in [6.07, 6.45) is 5.10. The van der Waals surface area contributed by atoms with Crippen LogP contribution < -0.4 is 5.32 Å². The molecule has 0 unspecified atom stereocenters. The van der Waals surface area contributed by atoms with Gasteiger partial charge in [-0.1, -0.05) is 40.4 Å². The van der Waals surface area contributed by atoms with Crippen molar-refractivity contribution in [1.82, 2.24) is 10.2 Å². The number of piperazine rings is 1. The van der Waals surface area contributed by atoms with Gasteiger partial charge in [-0.15, -0.1) is 0 Å². The lowest BCUT2D eigenvalue weighted by Gasteiger charge is -2.39. The molecule has 1 aliphatic heterocycles. The molecule has 3 nitrogen and oxygen atoms in total. The van der Waals surface area contributed by atoms with Crippen molar-refractivity contribution >= 4 is 27.5 Å². The van der Waals surface area contributed by atoms with E-state index in [4.69, 9.17) is 11.6 Å². The predicted octanol–water partition coefficient (Wildman–Crippen LogP) is 3.94. The van der Waals surface area contributed by atoms with Crippen LogP contribution in [0.25, 0.3) is 0 Å². The van der Waals surface area contributed by atoms with Gasteiger partial charge in [0.25, 0.3) is 0 Å². The Hall–Kier alpha value is -0.290. The molecule has 1 aliphatic carbocycles. The number of hydrogen-bond acceptors (Lipinski definition) is 3. The van der Waals surface area contributed by atoms with Gasteiger partial charge >= 0.3 is 0 Å². The summed E-state index contributed by atoms with van der Waals surface area (Å²) in [5, 5.41) is 14.3. The molecule has 1 saturated heterocycles. The molecular weight excluding hydrogens is 352 g/mol.